The molecule has 3 N–H and O–H groups in total. The highest BCUT2D eigenvalue weighted by molar-refractivity contribution is 5.82. The first kappa shape index (κ1) is 14.3. The van der Waals surface area contributed by atoms with Crippen molar-refractivity contribution >= 4 is 10.9 Å². The van der Waals surface area contributed by atoms with E-state index in [1.54, 1.807) is 7.11 Å². The van der Waals surface area contributed by atoms with Crippen molar-refractivity contribution in [3.8, 4) is 5.75 Å². The van der Waals surface area contributed by atoms with Gasteiger partial charge in [-0.15, -0.1) is 0 Å². The average Bonchev–Trinajstić information content (AvgIpc) is 2.89. The summed E-state index contributed by atoms with van der Waals surface area (Å²) >= 11 is 0. The van der Waals surface area contributed by atoms with E-state index in [1.807, 2.05) is 18.2 Å². The normalized spacial score (nSPS) is 23.6. The zero-order valence-corrected chi connectivity index (χ0v) is 12.2. The lowest BCUT2D eigenvalue weighted by Crippen LogP contribution is -2.50. The Morgan fingerprint density at radius 1 is 1.48 bits per heavy atom. The Morgan fingerprint density at radius 3 is 3.10 bits per heavy atom. The lowest BCUT2D eigenvalue weighted by molar-refractivity contribution is -0.0688. The predicted octanol–water partition coefficient (Wildman–Crippen LogP) is 0.891. The second kappa shape index (κ2) is 5.63. The van der Waals surface area contributed by atoms with Crippen molar-refractivity contribution < 1.29 is 14.9 Å². The molecule has 1 saturated heterocycles. The molecule has 0 bridgehead atoms. The highest BCUT2D eigenvalue weighted by Crippen LogP contribution is 2.26. The molecule has 114 valence electrons. The number of rotatable bonds is 4. The molecule has 1 fully saturated rings. The zero-order valence-electron chi connectivity index (χ0n) is 12.2. The molecule has 0 spiro atoms. The average molecular weight is 291 g/mol. The molecule has 0 saturated carbocycles. The number of likely N-dealkylation sites (tertiary alicyclic amines) is 1. The number of hydrogen-bond acceptors (Lipinski definition) is 5. The first-order valence-corrected chi connectivity index (χ1v) is 7.20. The number of aromatic amines is 1. The van der Waals surface area contributed by atoms with E-state index in [-0.39, 0.29) is 6.61 Å². The summed E-state index contributed by atoms with van der Waals surface area (Å²) in [6.07, 6.45) is 1.53. The minimum atomic E-state index is -0.980. The van der Waals surface area contributed by atoms with Crippen LogP contribution in [0, 0.1) is 0 Å². The molecular formula is C15H21N3O3. The van der Waals surface area contributed by atoms with E-state index in [0.29, 0.717) is 19.5 Å². The highest BCUT2D eigenvalue weighted by Gasteiger charge is 2.32. The van der Waals surface area contributed by atoms with Crippen molar-refractivity contribution in [3.05, 3.63) is 23.9 Å². The first-order valence-electron chi connectivity index (χ1n) is 7.20. The molecule has 1 aromatic heterocycles. The van der Waals surface area contributed by atoms with Crippen molar-refractivity contribution in [1.82, 2.24) is 15.1 Å². The number of aliphatic hydroxyl groups excluding tert-OH is 1. The molecule has 1 aliphatic rings. The molecule has 1 atom stereocenters. The number of fused-ring (bicyclic) bond motifs is 1. The number of nitrogens with zero attached hydrogens (tertiary/aromatic N) is 2. The summed E-state index contributed by atoms with van der Waals surface area (Å²) in [7, 11) is 1.65. The van der Waals surface area contributed by atoms with Crippen molar-refractivity contribution in [1.29, 1.82) is 0 Å². The summed E-state index contributed by atoms with van der Waals surface area (Å²) in [5.74, 6) is 0.802. The molecule has 2 aromatic rings. The van der Waals surface area contributed by atoms with Gasteiger partial charge in [0.25, 0.3) is 0 Å². The van der Waals surface area contributed by atoms with Gasteiger partial charge in [0.15, 0.2) is 0 Å². The number of piperidine rings is 1. The van der Waals surface area contributed by atoms with Crippen LogP contribution in [0.4, 0.5) is 0 Å². The van der Waals surface area contributed by atoms with Gasteiger partial charge in [-0.25, -0.2) is 0 Å². The number of β-amino-alcohol motifs (C(OH)–C–C–N with tert-alkyl or cyclic N) is 1. The number of nitrogens with one attached hydrogen (secondary N) is 1. The molecule has 0 amide bonds. The van der Waals surface area contributed by atoms with E-state index in [0.717, 1.165) is 35.3 Å². The number of aromatic nitrogens is 2. The Kier molecular flexibility index (Phi) is 3.84. The molecule has 3 rings (SSSR count). The summed E-state index contributed by atoms with van der Waals surface area (Å²) in [6.45, 7) is 1.87. The van der Waals surface area contributed by atoms with Crippen LogP contribution in [0.3, 0.4) is 0 Å². The van der Waals surface area contributed by atoms with E-state index in [2.05, 4.69) is 15.1 Å². The maximum atomic E-state index is 10.2. The van der Waals surface area contributed by atoms with Gasteiger partial charge in [0.2, 0.25) is 0 Å². The quantitative estimate of drug-likeness (QED) is 0.779. The number of hydrogen-bond donors (Lipinski definition) is 3. The van der Waals surface area contributed by atoms with Crippen LogP contribution in [-0.4, -0.2) is 57.7 Å². The maximum Gasteiger partial charge on any atom is 0.119 e. The van der Waals surface area contributed by atoms with E-state index in [9.17, 15) is 10.2 Å². The summed E-state index contributed by atoms with van der Waals surface area (Å²) in [5, 5.41) is 28.0. The van der Waals surface area contributed by atoms with E-state index in [4.69, 9.17) is 4.74 Å². The molecule has 0 aliphatic carbocycles. The predicted molar refractivity (Wildman–Crippen MR) is 79.2 cm³/mol. The lowest BCUT2D eigenvalue weighted by atomic mass is 9.93. The molecule has 0 radical (unpaired) electrons. The van der Waals surface area contributed by atoms with Crippen molar-refractivity contribution in [3.63, 3.8) is 0 Å². The van der Waals surface area contributed by atoms with Gasteiger partial charge in [-0.1, -0.05) is 0 Å². The van der Waals surface area contributed by atoms with Gasteiger partial charge in [-0.3, -0.25) is 10.00 Å². The fraction of sp³-hybridized carbons (Fsp3) is 0.533. The van der Waals surface area contributed by atoms with Gasteiger partial charge in [0, 0.05) is 18.5 Å². The van der Waals surface area contributed by atoms with Crippen LogP contribution in [0.1, 0.15) is 18.5 Å². The van der Waals surface area contributed by atoms with Crippen LogP contribution < -0.4 is 4.74 Å². The van der Waals surface area contributed by atoms with Crippen LogP contribution in [0.5, 0.6) is 5.75 Å². The number of H-pyrrole nitrogens is 1. The Hall–Kier alpha value is -1.63. The molecule has 2 heterocycles. The van der Waals surface area contributed by atoms with Crippen LogP contribution in [0.25, 0.3) is 10.9 Å². The topological polar surface area (TPSA) is 81.6 Å². The third-order valence-corrected chi connectivity index (χ3v) is 4.15. The minimum absolute atomic E-state index is 0.193. The number of ether oxygens (including phenoxy) is 1. The Balaban J connectivity index is 1.81. The second-order valence-electron chi connectivity index (χ2n) is 5.78. The molecule has 1 aliphatic heterocycles. The highest BCUT2D eigenvalue weighted by atomic mass is 16.5. The second-order valence-corrected chi connectivity index (χ2v) is 5.78. The van der Waals surface area contributed by atoms with Gasteiger partial charge in [-0.2, -0.15) is 5.10 Å². The molecule has 6 nitrogen and oxygen atoms in total. The van der Waals surface area contributed by atoms with E-state index >= 15 is 0 Å². The van der Waals surface area contributed by atoms with Crippen molar-refractivity contribution in [2.75, 3.05) is 26.8 Å². The molecule has 21 heavy (non-hydrogen) atoms. The number of methoxy groups -OCH3 is 1. The fourth-order valence-corrected chi connectivity index (χ4v) is 2.98. The molecule has 0 unspecified atom stereocenters. The summed E-state index contributed by atoms with van der Waals surface area (Å²) in [4.78, 5) is 2.14. The molecule has 6 heteroatoms. The number of benzene rings is 1. The van der Waals surface area contributed by atoms with Gasteiger partial charge >= 0.3 is 0 Å². The summed E-state index contributed by atoms with van der Waals surface area (Å²) in [5.41, 5.74) is 0.928. The van der Waals surface area contributed by atoms with Crippen LogP contribution in [0.15, 0.2) is 18.2 Å². The zero-order chi connectivity index (χ0) is 14.9. The smallest absolute Gasteiger partial charge is 0.119 e. The third-order valence-electron chi connectivity index (χ3n) is 4.15. The largest absolute Gasteiger partial charge is 0.497 e. The standard InChI is InChI=1S/C15H21N3O3/c1-21-11-3-4-13-12(7-11)14(17-16-13)8-18-6-2-5-15(20,9-18)10-19/h3-4,7,19-20H,2,5-6,8-10H2,1H3,(H,16,17)/t15-/m1/s1. The van der Waals surface area contributed by atoms with Gasteiger partial charge in [0.05, 0.1) is 24.9 Å². The third kappa shape index (κ3) is 2.88. The van der Waals surface area contributed by atoms with Crippen molar-refractivity contribution in [2.24, 2.45) is 0 Å². The van der Waals surface area contributed by atoms with Gasteiger partial charge in [-0.05, 0) is 37.6 Å². The lowest BCUT2D eigenvalue weighted by Gasteiger charge is -2.37. The van der Waals surface area contributed by atoms with Crippen LogP contribution in [-0.2, 0) is 6.54 Å². The Labute approximate surface area is 123 Å². The summed E-state index contributed by atoms with van der Waals surface area (Å²) < 4.78 is 5.26. The monoisotopic (exact) mass is 291 g/mol. The van der Waals surface area contributed by atoms with Gasteiger partial charge < -0.3 is 14.9 Å². The minimum Gasteiger partial charge on any atom is -0.497 e. The van der Waals surface area contributed by atoms with Crippen LogP contribution in [0.2, 0.25) is 0 Å². The molecule has 1 aromatic carbocycles. The Bertz CT molecular complexity index is 628. The molecular weight excluding hydrogens is 270 g/mol. The van der Waals surface area contributed by atoms with Crippen LogP contribution >= 0.6 is 0 Å². The van der Waals surface area contributed by atoms with E-state index in [1.165, 1.54) is 0 Å². The van der Waals surface area contributed by atoms with Gasteiger partial charge in [0.1, 0.15) is 11.4 Å². The summed E-state index contributed by atoms with van der Waals surface area (Å²) in [6, 6.07) is 5.78. The SMILES string of the molecule is COc1ccc2n[nH]c(CN3CCC[C@](O)(CO)C3)c2c1. The maximum absolute atomic E-state index is 10.2. The Morgan fingerprint density at radius 2 is 2.33 bits per heavy atom. The first-order chi connectivity index (χ1) is 10.1. The van der Waals surface area contributed by atoms with E-state index < -0.39 is 5.60 Å². The number of aliphatic hydroxyl groups is 2. The van der Waals surface area contributed by atoms with Crippen molar-refractivity contribution in [2.45, 2.75) is 25.0 Å². The fourth-order valence-electron chi connectivity index (χ4n) is 2.98.